The van der Waals surface area contributed by atoms with Crippen LogP contribution in [0.25, 0.3) is 0 Å². The van der Waals surface area contributed by atoms with Gasteiger partial charge in [0.2, 0.25) is 10.0 Å². The highest BCUT2D eigenvalue weighted by atomic mass is 32.2. The minimum Gasteiger partial charge on any atom is -0.397 e. The van der Waals surface area contributed by atoms with Crippen molar-refractivity contribution in [1.82, 2.24) is 0 Å². The molecule has 0 bridgehead atoms. The Morgan fingerprint density at radius 2 is 1.95 bits per heavy atom. The van der Waals surface area contributed by atoms with Crippen LogP contribution >= 0.6 is 0 Å². The molecular weight excluding hydrogens is 260 g/mol. The summed E-state index contributed by atoms with van der Waals surface area (Å²) >= 11 is 0. The summed E-state index contributed by atoms with van der Waals surface area (Å²) in [5.41, 5.74) is 7.69. The van der Waals surface area contributed by atoms with E-state index in [2.05, 4.69) is 4.72 Å². The Bertz CT molecular complexity index is 514. The van der Waals surface area contributed by atoms with Gasteiger partial charge in [0.15, 0.2) is 0 Å². The molecule has 4 nitrogen and oxygen atoms in total. The molecule has 5 heteroatoms. The molecule has 0 unspecified atom stereocenters. The van der Waals surface area contributed by atoms with E-state index in [-0.39, 0.29) is 11.7 Å². The molecule has 3 N–H and O–H groups in total. The maximum Gasteiger partial charge on any atom is 0.233 e. The van der Waals surface area contributed by atoms with Crippen LogP contribution in [0.1, 0.15) is 37.7 Å². The van der Waals surface area contributed by atoms with Gasteiger partial charge in [-0.05, 0) is 37.3 Å². The second kappa shape index (κ2) is 5.82. The van der Waals surface area contributed by atoms with E-state index in [4.69, 9.17) is 5.73 Å². The smallest absolute Gasteiger partial charge is 0.233 e. The van der Waals surface area contributed by atoms with Crippen LogP contribution in [0.5, 0.6) is 0 Å². The quantitative estimate of drug-likeness (QED) is 0.834. The van der Waals surface area contributed by atoms with Gasteiger partial charge in [0.05, 0.1) is 17.1 Å². The molecule has 0 aliphatic heterocycles. The molecule has 0 atom stereocenters. The first kappa shape index (κ1) is 14.2. The standard InChI is InChI=1S/C14H22N2O2S/c1-11-6-5-9-13(15)14(11)16-19(17,18)10-12-7-3-2-4-8-12/h5-6,9,12,16H,2-4,7-8,10,15H2,1H3. The summed E-state index contributed by atoms with van der Waals surface area (Å²) in [7, 11) is -3.31. The minimum absolute atomic E-state index is 0.209. The number of sulfonamides is 1. The summed E-state index contributed by atoms with van der Waals surface area (Å²) in [6, 6.07) is 5.39. The number of nitrogen functional groups attached to an aromatic ring is 1. The van der Waals surface area contributed by atoms with Crippen LogP contribution in [-0.4, -0.2) is 14.2 Å². The fraction of sp³-hybridized carbons (Fsp3) is 0.571. The molecular formula is C14H22N2O2S. The van der Waals surface area contributed by atoms with Crippen molar-refractivity contribution >= 4 is 21.4 Å². The van der Waals surface area contributed by atoms with Crippen molar-refractivity contribution < 1.29 is 8.42 Å². The van der Waals surface area contributed by atoms with Crippen molar-refractivity contribution in [2.24, 2.45) is 5.92 Å². The normalized spacial score (nSPS) is 17.3. The molecule has 1 fully saturated rings. The average Bonchev–Trinajstić information content (AvgIpc) is 2.35. The molecule has 1 aromatic rings. The van der Waals surface area contributed by atoms with E-state index in [0.717, 1.165) is 31.2 Å². The zero-order chi connectivity index (χ0) is 13.9. The topological polar surface area (TPSA) is 72.2 Å². The van der Waals surface area contributed by atoms with Crippen LogP contribution in [-0.2, 0) is 10.0 Å². The lowest BCUT2D eigenvalue weighted by Gasteiger charge is -2.22. The molecule has 1 aromatic carbocycles. The Morgan fingerprint density at radius 1 is 1.26 bits per heavy atom. The summed E-state index contributed by atoms with van der Waals surface area (Å²) in [5, 5.41) is 0. The lowest BCUT2D eigenvalue weighted by atomic mass is 9.91. The molecule has 0 radical (unpaired) electrons. The highest BCUT2D eigenvalue weighted by Gasteiger charge is 2.22. The first-order valence-electron chi connectivity index (χ1n) is 6.83. The molecule has 1 aliphatic rings. The van der Waals surface area contributed by atoms with E-state index in [1.807, 2.05) is 19.1 Å². The third-order valence-corrected chi connectivity index (χ3v) is 5.17. The summed E-state index contributed by atoms with van der Waals surface area (Å²) in [6.07, 6.45) is 5.56. The molecule has 19 heavy (non-hydrogen) atoms. The fourth-order valence-corrected chi connectivity index (χ4v) is 4.32. The van der Waals surface area contributed by atoms with Crippen molar-refractivity contribution in [3.8, 4) is 0 Å². The summed E-state index contributed by atoms with van der Waals surface area (Å²) in [5.74, 6) is 0.498. The number of hydrogen-bond donors (Lipinski definition) is 2. The van der Waals surface area contributed by atoms with Gasteiger partial charge < -0.3 is 5.73 Å². The Hall–Kier alpha value is -1.23. The fourth-order valence-electron chi connectivity index (χ4n) is 2.69. The molecule has 1 aliphatic carbocycles. The lowest BCUT2D eigenvalue weighted by molar-refractivity contribution is 0.385. The van der Waals surface area contributed by atoms with E-state index in [0.29, 0.717) is 11.4 Å². The van der Waals surface area contributed by atoms with Gasteiger partial charge in [-0.2, -0.15) is 0 Å². The number of hydrogen-bond acceptors (Lipinski definition) is 3. The molecule has 106 valence electrons. The zero-order valence-corrected chi connectivity index (χ0v) is 12.2. The molecule has 1 saturated carbocycles. The number of rotatable bonds is 4. The number of benzene rings is 1. The third-order valence-electron chi connectivity index (χ3n) is 3.74. The number of nitrogens with one attached hydrogen (secondary N) is 1. The molecule has 0 saturated heterocycles. The van der Waals surface area contributed by atoms with E-state index < -0.39 is 10.0 Å². The number of anilines is 2. The highest BCUT2D eigenvalue weighted by Crippen LogP contribution is 2.27. The highest BCUT2D eigenvalue weighted by molar-refractivity contribution is 7.92. The van der Waals surface area contributed by atoms with E-state index in [9.17, 15) is 8.42 Å². The van der Waals surface area contributed by atoms with Crippen LogP contribution in [0.15, 0.2) is 18.2 Å². The van der Waals surface area contributed by atoms with Crippen LogP contribution in [0.2, 0.25) is 0 Å². The average molecular weight is 282 g/mol. The Balaban J connectivity index is 2.08. The molecule has 0 spiro atoms. The number of aryl methyl sites for hydroxylation is 1. The number of para-hydroxylation sites is 1. The van der Waals surface area contributed by atoms with Gasteiger partial charge >= 0.3 is 0 Å². The predicted molar refractivity (Wildman–Crippen MR) is 79.6 cm³/mol. The third kappa shape index (κ3) is 3.86. The molecule has 0 amide bonds. The van der Waals surface area contributed by atoms with Gasteiger partial charge in [-0.25, -0.2) is 8.42 Å². The van der Waals surface area contributed by atoms with Crippen molar-refractivity contribution in [3.63, 3.8) is 0 Å². The SMILES string of the molecule is Cc1cccc(N)c1NS(=O)(=O)CC1CCCCC1. The molecule has 2 rings (SSSR count). The van der Waals surface area contributed by atoms with Crippen molar-refractivity contribution in [2.45, 2.75) is 39.0 Å². The number of nitrogens with two attached hydrogens (primary N) is 1. The second-order valence-electron chi connectivity index (χ2n) is 5.43. The Morgan fingerprint density at radius 3 is 2.58 bits per heavy atom. The Kier molecular flexibility index (Phi) is 4.34. The van der Waals surface area contributed by atoms with E-state index in [1.54, 1.807) is 6.07 Å². The van der Waals surface area contributed by atoms with Gasteiger partial charge in [-0.3, -0.25) is 4.72 Å². The van der Waals surface area contributed by atoms with E-state index >= 15 is 0 Å². The lowest BCUT2D eigenvalue weighted by Crippen LogP contribution is -2.25. The second-order valence-corrected chi connectivity index (χ2v) is 7.19. The van der Waals surface area contributed by atoms with Gasteiger partial charge in [0, 0.05) is 0 Å². The van der Waals surface area contributed by atoms with Crippen LogP contribution in [0.4, 0.5) is 11.4 Å². The van der Waals surface area contributed by atoms with Crippen LogP contribution in [0.3, 0.4) is 0 Å². The zero-order valence-electron chi connectivity index (χ0n) is 11.4. The van der Waals surface area contributed by atoms with Crippen LogP contribution < -0.4 is 10.5 Å². The first-order chi connectivity index (χ1) is 8.98. The predicted octanol–water partition coefficient (Wildman–Crippen LogP) is 2.90. The van der Waals surface area contributed by atoms with Gasteiger partial charge in [0.25, 0.3) is 0 Å². The minimum atomic E-state index is -3.31. The maximum atomic E-state index is 12.2. The van der Waals surface area contributed by atoms with Gasteiger partial charge in [-0.15, -0.1) is 0 Å². The van der Waals surface area contributed by atoms with Gasteiger partial charge in [0.1, 0.15) is 0 Å². The Labute approximate surface area is 115 Å². The van der Waals surface area contributed by atoms with Crippen molar-refractivity contribution in [2.75, 3.05) is 16.2 Å². The summed E-state index contributed by atoms with van der Waals surface area (Å²) in [4.78, 5) is 0. The molecule has 0 aromatic heterocycles. The van der Waals surface area contributed by atoms with E-state index in [1.165, 1.54) is 6.42 Å². The van der Waals surface area contributed by atoms with Gasteiger partial charge in [-0.1, -0.05) is 31.4 Å². The maximum absolute atomic E-state index is 12.2. The monoisotopic (exact) mass is 282 g/mol. The largest absolute Gasteiger partial charge is 0.397 e. The summed E-state index contributed by atoms with van der Waals surface area (Å²) < 4.78 is 27.1. The van der Waals surface area contributed by atoms with Crippen molar-refractivity contribution in [3.05, 3.63) is 23.8 Å². The molecule has 0 heterocycles. The van der Waals surface area contributed by atoms with Crippen LogP contribution in [0, 0.1) is 12.8 Å². The first-order valence-corrected chi connectivity index (χ1v) is 8.49. The van der Waals surface area contributed by atoms with Crippen molar-refractivity contribution in [1.29, 1.82) is 0 Å². The summed E-state index contributed by atoms with van der Waals surface area (Å²) in [6.45, 7) is 1.86.